The summed E-state index contributed by atoms with van der Waals surface area (Å²) in [4.78, 5) is 24.2. The zero-order valence-corrected chi connectivity index (χ0v) is 14.8. The Kier molecular flexibility index (Phi) is 6.20. The van der Waals surface area contributed by atoms with Gasteiger partial charge >= 0.3 is 6.03 Å². The highest BCUT2D eigenvalue weighted by Gasteiger charge is 2.07. The quantitative estimate of drug-likeness (QED) is 0.614. The number of hydrogen-bond acceptors (Lipinski definition) is 2. The second-order valence-corrected chi connectivity index (χ2v) is 6.01. The van der Waals surface area contributed by atoms with E-state index >= 15 is 0 Å². The van der Waals surface area contributed by atoms with Crippen molar-refractivity contribution in [2.45, 2.75) is 6.42 Å². The van der Waals surface area contributed by atoms with Crippen LogP contribution in [0.3, 0.4) is 0 Å². The molecule has 0 unspecified atom stereocenters. The molecule has 0 aliphatic heterocycles. The summed E-state index contributed by atoms with van der Waals surface area (Å²) in [5.74, 6) is -0.194. The van der Waals surface area contributed by atoms with Crippen LogP contribution in [0.15, 0.2) is 84.9 Å². The van der Waals surface area contributed by atoms with Crippen LogP contribution in [0.25, 0.3) is 0 Å². The Balaban J connectivity index is 1.47. The number of para-hydroxylation sites is 1. The summed E-state index contributed by atoms with van der Waals surface area (Å²) in [5.41, 5.74) is 3.06. The second kappa shape index (κ2) is 9.20. The maximum atomic E-state index is 12.2. The lowest BCUT2D eigenvalue weighted by atomic mass is 10.1. The van der Waals surface area contributed by atoms with Crippen LogP contribution >= 0.6 is 0 Å². The van der Waals surface area contributed by atoms with Crippen molar-refractivity contribution in [3.8, 4) is 0 Å². The first-order chi connectivity index (χ1) is 13.2. The maximum absolute atomic E-state index is 12.2. The standard InChI is InChI=1S/C22H21N3O2/c26-21(24-19-9-5-2-6-10-19)18-11-13-20(14-12-18)25-22(27)23-16-15-17-7-3-1-4-8-17/h1-14H,15-16H2,(H,24,26)(H2,23,25,27). The molecule has 0 aromatic heterocycles. The van der Waals surface area contributed by atoms with Crippen molar-refractivity contribution in [3.63, 3.8) is 0 Å². The SMILES string of the molecule is O=C(NCCc1ccccc1)Nc1ccc(C(=O)Nc2ccccc2)cc1. The molecule has 5 nitrogen and oxygen atoms in total. The van der Waals surface area contributed by atoms with Crippen LogP contribution in [0.2, 0.25) is 0 Å². The van der Waals surface area contributed by atoms with Gasteiger partial charge in [-0.25, -0.2) is 4.79 Å². The molecule has 5 heteroatoms. The lowest BCUT2D eigenvalue weighted by Crippen LogP contribution is -2.30. The van der Waals surface area contributed by atoms with E-state index in [9.17, 15) is 9.59 Å². The molecule has 136 valence electrons. The number of carbonyl (C=O) groups is 2. The van der Waals surface area contributed by atoms with Crippen LogP contribution in [0.1, 0.15) is 15.9 Å². The smallest absolute Gasteiger partial charge is 0.319 e. The highest BCUT2D eigenvalue weighted by Crippen LogP contribution is 2.12. The Hall–Kier alpha value is -3.60. The molecule has 3 N–H and O–H groups in total. The van der Waals surface area contributed by atoms with Gasteiger partial charge in [-0.3, -0.25) is 4.79 Å². The topological polar surface area (TPSA) is 70.2 Å². The van der Waals surface area contributed by atoms with E-state index < -0.39 is 0 Å². The molecular weight excluding hydrogens is 338 g/mol. The minimum atomic E-state index is -0.271. The Morgan fingerprint density at radius 1 is 0.667 bits per heavy atom. The van der Waals surface area contributed by atoms with E-state index in [0.717, 1.165) is 12.1 Å². The van der Waals surface area contributed by atoms with Crippen molar-refractivity contribution in [3.05, 3.63) is 96.1 Å². The number of hydrogen-bond donors (Lipinski definition) is 3. The van der Waals surface area contributed by atoms with Crippen molar-refractivity contribution in [2.75, 3.05) is 17.2 Å². The van der Waals surface area contributed by atoms with E-state index in [1.54, 1.807) is 24.3 Å². The summed E-state index contributed by atoms with van der Waals surface area (Å²) in [6.45, 7) is 0.549. The monoisotopic (exact) mass is 359 g/mol. The second-order valence-electron chi connectivity index (χ2n) is 6.01. The average molecular weight is 359 g/mol. The van der Waals surface area contributed by atoms with E-state index in [1.165, 1.54) is 5.56 Å². The van der Waals surface area contributed by atoms with Crippen LogP contribution in [-0.2, 0) is 6.42 Å². The van der Waals surface area contributed by atoms with Crippen LogP contribution < -0.4 is 16.0 Å². The minimum Gasteiger partial charge on any atom is -0.338 e. The molecule has 0 radical (unpaired) electrons. The van der Waals surface area contributed by atoms with Gasteiger partial charge in [0, 0.05) is 23.5 Å². The third-order valence-corrected chi connectivity index (χ3v) is 3.98. The average Bonchev–Trinajstić information content (AvgIpc) is 2.70. The fourth-order valence-corrected chi connectivity index (χ4v) is 2.57. The first-order valence-electron chi connectivity index (χ1n) is 8.76. The largest absolute Gasteiger partial charge is 0.338 e. The molecule has 0 heterocycles. The highest BCUT2D eigenvalue weighted by molar-refractivity contribution is 6.04. The fraction of sp³-hybridized carbons (Fsp3) is 0.0909. The lowest BCUT2D eigenvalue weighted by Gasteiger charge is -2.09. The van der Waals surface area contributed by atoms with Crippen molar-refractivity contribution >= 4 is 23.3 Å². The number of urea groups is 1. The maximum Gasteiger partial charge on any atom is 0.319 e. The van der Waals surface area contributed by atoms with Crippen LogP contribution in [0, 0.1) is 0 Å². The summed E-state index contributed by atoms with van der Waals surface area (Å²) in [6.07, 6.45) is 0.771. The Morgan fingerprint density at radius 3 is 1.93 bits per heavy atom. The fourth-order valence-electron chi connectivity index (χ4n) is 2.57. The third kappa shape index (κ3) is 5.71. The van der Waals surface area contributed by atoms with Gasteiger partial charge in [0.25, 0.3) is 5.91 Å². The normalized spacial score (nSPS) is 10.1. The summed E-state index contributed by atoms with van der Waals surface area (Å²) in [5, 5.41) is 8.41. The summed E-state index contributed by atoms with van der Waals surface area (Å²) in [6, 6.07) is 25.7. The van der Waals surface area contributed by atoms with E-state index in [2.05, 4.69) is 16.0 Å². The van der Waals surface area contributed by atoms with Crippen LogP contribution in [0.4, 0.5) is 16.2 Å². The number of rotatable bonds is 6. The van der Waals surface area contributed by atoms with Gasteiger partial charge in [-0.05, 0) is 48.4 Å². The Labute approximate surface area is 158 Å². The highest BCUT2D eigenvalue weighted by atomic mass is 16.2. The molecule has 3 aromatic rings. The first kappa shape index (κ1) is 18.2. The van der Waals surface area contributed by atoms with Crippen LogP contribution in [0.5, 0.6) is 0 Å². The molecule has 3 amide bonds. The molecule has 0 atom stereocenters. The van der Waals surface area contributed by atoms with Crippen molar-refractivity contribution in [1.29, 1.82) is 0 Å². The number of nitrogens with one attached hydrogen (secondary N) is 3. The van der Waals surface area contributed by atoms with Gasteiger partial charge in [-0.15, -0.1) is 0 Å². The minimum absolute atomic E-state index is 0.194. The molecule has 3 rings (SSSR count). The van der Waals surface area contributed by atoms with Crippen molar-refractivity contribution in [2.24, 2.45) is 0 Å². The molecular formula is C22H21N3O2. The molecule has 27 heavy (non-hydrogen) atoms. The molecule has 3 aromatic carbocycles. The molecule has 0 saturated carbocycles. The summed E-state index contributed by atoms with van der Waals surface area (Å²) in [7, 11) is 0. The molecule has 0 bridgehead atoms. The molecule has 0 fully saturated rings. The number of anilines is 2. The van der Waals surface area contributed by atoms with Gasteiger partial charge in [-0.1, -0.05) is 48.5 Å². The lowest BCUT2D eigenvalue weighted by molar-refractivity contribution is 0.102. The first-order valence-corrected chi connectivity index (χ1v) is 8.76. The third-order valence-electron chi connectivity index (χ3n) is 3.98. The van der Waals surface area contributed by atoms with Crippen LogP contribution in [-0.4, -0.2) is 18.5 Å². The van der Waals surface area contributed by atoms with E-state index in [4.69, 9.17) is 0 Å². The molecule has 0 aliphatic carbocycles. The summed E-state index contributed by atoms with van der Waals surface area (Å²) >= 11 is 0. The van der Waals surface area contributed by atoms with Gasteiger partial charge in [0.05, 0.1) is 0 Å². The zero-order chi connectivity index (χ0) is 18.9. The van der Waals surface area contributed by atoms with Crippen molar-refractivity contribution in [1.82, 2.24) is 5.32 Å². The summed E-state index contributed by atoms with van der Waals surface area (Å²) < 4.78 is 0. The molecule has 0 spiro atoms. The number of carbonyl (C=O) groups excluding carboxylic acids is 2. The van der Waals surface area contributed by atoms with E-state index in [-0.39, 0.29) is 11.9 Å². The van der Waals surface area contributed by atoms with Gasteiger partial charge in [0.1, 0.15) is 0 Å². The van der Waals surface area contributed by atoms with Gasteiger partial charge < -0.3 is 16.0 Å². The predicted molar refractivity (Wildman–Crippen MR) is 108 cm³/mol. The van der Waals surface area contributed by atoms with E-state index in [0.29, 0.717) is 17.8 Å². The Morgan fingerprint density at radius 2 is 1.26 bits per heavy atom. The number of amides is 3. The van der Waals surface area contributed by atoms with Gasteiger partial charge in [0.2, 0.25) is 0 Å². The van der Waals surface area contributed by atoms with Gasteiger partial charge in [0.15, 0.2) is 0 Å². The number of benzene rings is 3. The molecule has 0 saturated heterocycles. The Bertz CT molecular complexity index is 878. The van der Waals surface area contributed by atoms with E-state index in [1.807, 2.05) is 60.7 Å². The molecule has 0 aliphatic rings. The zero-order valence-electron chi connectivity index (χ0n) is 14.8. The van der Waals surface area contributed by atoms with Crippen molar-refractivity contribution < 1.29 is 9.59 Å². The predicted octanol–water partition coefficient (Wildman–Crippen LogP) is 4.30. The van der Waals surface area contributed by atoms with Gasteiger partial charge in [-0.2, -0.15) is 0 Å².